The number of rotatable bonds is 1. The van der Waals surface area contributed by atoms with Crippen molar-refractivity contribution < 1.29 is 14.3 Å². The molecule has 1 aromatic rings. The molecule has 64 valence electrons. The Bertz CT molecular complexity index is 295. The molecule has 0 aromatic heterocycles. The fraction of sp³-hybridized carbons (Fsp3) is 0.111. The topological polar surface area (TPSA) is 43.4 Å². The van der Waals surface area contributed by atoms with Gasteiger partial charge in [-0.05, 0) is 12.1 Å². The van der Waals surface area contributed by atoms with E-state index in [1.54, 1.807) is 30.3 Å². The number of esters is 2. The van der Waals surface area contributed by atoms with Gasteiger partial charge in [-0.15, -0.1) is 0 Å². The van der Waals surface area contributed by atoms with Gasteiger partial charge >= 0.3 is 63.3 Å². The molecule has 13 heavy (non-hydrogen) atoms. The molecule has 0 aliphatic heterocycles. The van der Waals surface area contributed by atoms with Crippen LogP contribution in [0.15, 0.2) is 30.3 Å². The van der Waals surface area contributed by atoms with Crippen LogP contribution in [0.4, 0.5) is 0 Å². The molecule has 0 N–H and O–H groups in total. The fourth-order valence-electron chi connectivity index (χ4n) is 0.764. The molecule has 0 aliphatic rings. The van der Waals surface area contributed by atoms with E-state index in [1.165, 1.54) is 6.92 Å². The molecule has 0 aliphatic carbocycles. The summed E-state index contributed by atoms with van der Waals surface area (Å²) in [6, 6.07) is 8.37. The fourth-order valence-corrected chi connectivity index (χ4v) is 0.764. The van der Waals surface area contributed by atoms with Gasteiger partial charge in [0.2, 0.25) is 0 Å². The van der Waals surface area contributed by atoms with Crippen molar-refractivity contribution in [2.45, 2.75) is 6.92 Å². The second-order valence-electron chi connectivity index (χ2n) is 2.25. The minimum atomic E-state index is -0.608. The summed E-state index contributed by atoms with van der Waals surface area (Å²) < 4.78 is 4.36. The van der Waals surface area contributed by atoms with Gasteiger partial charge in [-0.25, -0.2) is 4.79 Å². The molecule has 0 amide bonds. The number of carbonyl (C=O) groups excluding carboxylic acids is 2. The predicted molar refractivity (Wildman–Crippen MR) is 49.7 cm³/mol. The first-order chi connectivity index (χ1) is 5.70. The molecular formula is C9H9KO3. The molecule has 4 heteroatoms. The third-order valence-electron chi connectivity index (χ3n) is 1.25. The van der Waals surface area contributed by atoms with E-state index in [0.717, 1.165) is 0 Å². The van der Waals surface area contributed by atoms with Gasteiger partial charge in [0.15, 0.2) is 0 Å². The van der Waals surface area contributed by atoms with Gasteiger partial charge in [0.1, 0.15) is 0 Å². The summed E-state index contributed by atoms with van der Waals surface area (Å²) >= 11 is 0. The van der Waals surface area contributed by atoms with E-state index < -0.39 is 11.9 Å². The predicted octanol–water partition coefficient (Wildman–Crippen LogP) is 0.741. The van der Waals surface area contributed by atoms with Gasteiger partial charge in [0.25, 0.3) is 0 Å². The molecule has 0 atom stereocenters. The van der Waals surface area contributed by atoms with Gasteiger partial charge in [0, 0.05) is 6.92 Å². The van der Waals surface area contributed by atoms with E-state index in [4.69, 9.17) is 0 Å². The average Bonchev–Trinajstić information content (AvgIpc) is 2.05. The molecule has 0 radical (unpaired) electrons. The van der Waals surface area contributed by atoms with Crippen molar-refractivity contribution in [1.82, 2.24) is 0 Å². The molecular weight excluding hydrogens is 195 g/mol. The third-order valence-corrected chi connectivity index (χ3v) is 1.25. The first kappa shape index (κ1) is 13.0. The number of benzene rings is 1. The van der Waals surface area contributed by atoms with Gasteiger partial charge in [-0.2, -0.15) is 0 Å². The van der Waals surface area contributed by atoms with E-state index in [1.807, 2.05) is 0 Å². The van der Waals surface area contributed by atoms with Crippen LogP contribution in [0.1, 0.15) is 17.3 Å². The molecule has 0 spiro atoms. The minimum absolute atomic E-state index is 0. The van der Waals surface area contributed by atoms with Gasteiger partial charge < -0.3 is 4.74 Å². The van der Waals surface area contributed by atoms with Crippen LogP contribution in [0.25, 0.3) is 0 Å². The first-order valence-corrected chi connectivity index (χ1v) is 3.48. The number of hydrogen-bond acceptors (Lipinski definition) is 3. The SMILES string of the molecule is CC(=O)OC(=O)c1ccccc1.[KH]. The molecule has 0 saturated heterocycles. The zero-order valence-electron chi connectivity index (χ0n) is 6.61. The summed E-state index contributed by atoms with van der Waals surface area (Å²) in [5, 5.41) is 0. The quantitative estimate of drug-likeness (QED) is 0.385. The van der Waals surface area contributed by atoms with Crippen molar-refractivity contribution in [3.05, 3.63) is 35.9 Å². The van der Waals surface area contributed by atoms with Crippen molar-refractivity contribution >= 4 is 63.3 Å². The van der Waals surface area contributed by atoms with Crippen molar-refractivity contribution in [3.8, 4) is 0 Å². The summed E-state index contributed by atoms with van der Waals surface area (Å²) in [4.78, 5) is 21.4. The zero-order chi connectivity index (χ0) is 8.97. The Morgan fingerprint density at radius 2 is 1.69 bits per heavy atom. The van der Waals surface area contributed by atoms with E-state index in [-0.39, 0.29) is 51.4 Å². The van der Waals surface area contributed by atoms with Crippen LogP contribution in [0.3, 0.4) is 0 Å². The van der Waals surface area contributed by atoms with Gasteiger partial charge in [-0.3, -0.25) is 4.79 Å². The van der Waals surface area contributed by atoms with Crippen LogP contribution in [-0.4, -0.2) is 63.3 Å². The molecule has 0 saturated carbocycles. The monoisotopic (exact) mass is 204 g/mol. The summed E-state index contributed by atoms with van der Waals surface area (Å²) in [6.45, 7) is 1.20. The van der Waals surface area contributed by atoms with Crippen LogP contribution in [0.5, 0.6) is 0 Å². The van der Waals surface area contributed by atoms with Crippen molar-refractivity contribution in [1.29, 1.82) is 0 Å². The number of hydrogen-bond donors (Lipinski definition) is 0. The summed E-state index contributed by atoms with van der Waals surface area (Å²) in [6.07, 6.45) is 0. The van der Waals surface area contributed by atoms with Crippen LogP contribution in [0.2, 0.25) is 0 Å². The van der Waals surface area contributed by atoms with Crippen LogP contribution in [-0.2, 0) is 9.53 Å². The number of ether oxygens (including phenoxy) is 1. The van der Waals surface area contributed by atoms with Crippen molar-refractivity contribution in [2.75, 3.05) is 0 Å². The van der Waals surface area contributed by atoms with Crippen molar-refractivity contribution in [2.24, 2.45) is 0 Å². The molecule has 1 rings (SSSR count). The normalized spacial score (nSPS) is 8.38. The average molecular weight is 204 g/mol. The summed E-state index contributed by atoms with van der Waals surface area (Å²) in [7, 11) is 0. The Morgan fingerprint density at radius 3 is 2.15 bits per heavy atom. The molecule has 1 aromatic carbocycles. The number of carbonyl (C=O) groups is 2. The second kappa shape index (κ2) is 6.45. The zero-order valence-corrected chi connectivity index (χ0v) is 6.61. The molecule has 0 heterocycles. The Kier molecular flexibility index (Phi) is 6.45. The Balaban J connectivity index is 0.00000144. The van der Waals surface area contributed by atoms with E-state index in [0.29, 0.717) is 5.56 Å². The molecule has 0 unspecified atom stereocenters. The van der Waals surface area contributed by atoms with Gasteiger partial charge in [-0.1, -0.05) is 18.2 Å². The van der Waals surface area contributed by atoms with Gasteiger partial charge in [0.05, 0.1) is 5.56 Å². The Hall–Kier alpha value is -0.00364. The van der Waals surface area contributed by atoms with E-state index in [2.05, 4.69) is 4.74 Å². The van der Waals surface area contributed by atoms with Crippen LogP contribution >= 0.6 is 0 Å². The summed E-state index contributed by atoms with van der Waals surface area (Å²) in [5.41, 5.74) is 0.382. The third kappa shape index (κ3) is 4.68. The van der Waals surface area contributed by atoms with Crippen molar-refractivity contribution in [3.63, 3.8) is 0 Å². The standard InChI is InChI=1S/C9H8O3.K.H/c1-7(10)12-9(11)8-5-3-2-4-6-8;;/h2-6H,1H3;;. The summed E-state index contributed by atoms with van der Waals surface area (Å²) in [5.74, 6) is -1.20. The first-order valence-electron chi connectivity index (χ1n) is 3.48. The van der Waals surface area contributed by atoms with Crippen LogP contribution in [0, 0.1) is 0 Å². The maximum absolute atomic E-state index is 11.0. The van der Waals surface area contributed by atoms with E-state index in [9.17, 15) is 9.59 Å². The molecule has 0 fully saturated rings. The Labute approximate surface area is 119 Å². The van der Waals surface area contributed by atoms with Crippen LogP contribution < -0.4 is 0 Å². The maximum atomic E-state index is 11.0. The molecule has 3 nitrogen and oxygen atoms in total. The van der Waals surface area contributed by atoms with E-state index >= 15 is 0 Å². The molecule has 0 bridgehead atoms. The second-order valence-corrected chi connectivity index (χ2v) is 2.25. The Morgan fingerprint density at radius 1 is 1.15 bits per heavy atom.